The molecule has 0 aliphatic rings. The van der Waals surface area contributed by atoms with E-state index in [1.807, 2.05) is 24.3 Å². The Bertz CT molecular complexity index is 525. The average Bonchev–Trinajstić information content (AvgIpc) is 2.38. The summed E-state index contributed by atoms with van der Waals surface area (Å²) >= 11 is 5.79. The van der Waals surface area contributed by atoms with Crippen LogP contribution in [0.15, 0.2) is 30.3 Å². The van der Waals surface area contributed by atoms with Gasteiger partial charge < -0.3 is 15.8 Å². The summed E-state index contributed by atoms with van der Waals surface area (Å²) in [5.74, 6) is 1.65. The Morgan fingerprint density at radius 3 is 2.63 bits per heavy atom. The van der Waals surface area contributed by atoms with Crippen molar-refractivity contribution in [2.24, 2.45) is 0 Å². The van der Waals surface area contributed by atoms with Gasteiger partial charge in [-0.15, -0.1) is 0 Å². The number of halogens is 1. The predicted molar refractivity (Wildman–Crippen MR) is 76.6 cm³/mol. The molecule has 1 aromatic carbocycles. The molecule has 0 amide bonds. The first-order valence-corrected chi connectivity index (χ1v) is 6.22. The zero-order valence-electron chi connectivity index (χ0n) is 10.6. The maximum Gasteiger partial charge on any atom is 0.223 e. The molecule has 0 saturated heterocycles. The number of nitrogens with one attached hydrogen (secondary N) is 1. The number of benzene rings is 1. The van der Waals surface area contributed by atoms with Crippen molar-refractivity contribution in [3.8, 4) is 5.75 Å². The lowest BCUT2D eigenvalue weighted by atomic mass is 10.1. The Labute approximate surface area is 116 Å². The van der Waals surface area contributed by atoms with Crippen molar-refractivity contribution in [3.05, 3.63) is 41.0 Å². The normalized spacial score (nSPS) is 10.2. The molecule has 3 N–H and O–H groups in total. The van der Waals surface area contributed by atoms with E-state index in [-0.39, 0.29) is 5.95 Å². The highest BCUT2D eigenvalue weighted by Crippen LogP contribution is 2.14. The molecule has 19 heavy (non-hydrogen) atoms. The van der Waals surface area contributed by atoms with Crippen LogP contribution in [0.1, 0.15) is 5.56 Å². The van der Waals surface area contributed by atoms with Crippen molar-refractivity contribution in [2.75, 3.05) is 24.7 Å². The van der Waals surface area contributed by atoms with E-state index in [4.69, 9.17) is 22.1 Å². The van der Waals surface area contributed by atoms with E-state index < -0.39 is 0 Å². The molecule has 0 bridgehead atoms. The van der Waals surface area contributed by atoms with Crippen molar-refractivity contribution in [1.29, 1.82) is 0 Å². The molecule has 0 fully saturated rings. The second-order valence-electron chi connectivity index (χ2n) is 3.96. The smallest absolute Gasteiger partial charge is 0.223 e. The summed E-state index contributed by atoms with van der Waals surface area (Å²) in [5.41, 5.74) is 6.72. The van der Waals surface area contributed by atoms with Crippen molar-refractivity contribution in [2.45, 2.75) is 6.42 Å². The monoisotopic (exact) mass is 278 g/mol. The summed E-state index contributed by atoms with van der Waals surface area (Å²) in [7, 11) is 1.65. The van der Waals surface area contributed by atoms with Gasteiger partial charge in [0.15, 0.2) is 0 Å². The number of aromatic nitrogens is 2. The number of nitrogen functional groups attached to an aromatic ring is 1. The number of anilines is 2. The van der Waals surface area contributed by atoms with Crippen molar-refractivity contribution >= 4 is 23.4 Å². The molecule has 1 heterocycles. The van der Waals surface area contributed by atoms with Crippen LogP contribution in [0.25, 0.3) is 0 Å². The maximum absolute atomic E-state index is 5.79. The summed E-state index contributed by atoms with van der Waals surface area (Å²) in [5, 5.41) is 3.49. The highest BCUT2D eigenvalue weighted by molar-refractivity contribution is 6.29. The van der Waals surface area contributed by atoms with Gasteiger partial charge in [-0.3, -0.25) is 0 Å². The minimum Gasteiger partial charge on any atom is -0.497 e. The molecule has 2 aromatic rings. The lowest BCUT2D eigenvalue weighted by molar-refractivity contribution is 0.414. The van der Waals surface area contributed by atoms with Gasteiger partial charge in [-0.1, -0.05) is 23.7 Å². The van der Waals surface area contributed by atoms with Crippen LogP contribution >= 0.6 is 11.6 Å². The predicted octanol–water partition coefficient (Wildman–Crippen LogP) is 2.38. The molecule has 0 aliphatic carbocycles. The Morgan fingerprint density at radius 1 is 1.26 bits per heavy atom. The Balaban J connectivity index is 1.88. The molecular weight excluding hydrogens is 264 g/mol. The van der Waals surface area contributed by atoms with Crippen LogP contribution in [-0.4, -0.2) is 23.6 Å². The molecule has 100 valence electrons. The number of nitrogens with zero attached hydrogens (tertiary/aromatic N) is 2. The number of ether oxygens (including phenoxy) is 1. The van der Waals surface area contributed by atoms with Crippen LogP contribution in [0, 0.1) is 0 Å². The molecule has 0 spiro atoms. The summed E-state index contributed by atoms with van der Waals surface area (Å²) in [6.45, 7) is 0.735. The van der Waals surface area contributed by atoms with E-state index in [1.165, 1.54) is 5.56 Å². The molecule has 5 nitrogen and oxygen atoms in total. The molecule has 0 aliphatic heterocycles. The fraction of sp³-hybridized carbons (Fsp3) is 0.231. The van der Waals surface area contributed by atoms with Crippen molar-refractivity contribution in [3.63, 3.8) is 0 Å². The van der Waals surface area contributed by atoms with E-state index >= 15 is 0 Å². The Kier molecular flexibility index (Phi) is 4.41. The highest BCUT2D eigenvalue weighted by Gasteiger charge is 2.00. The van der Waals surface area contributed by atoms with E-state index in [0.29, 0.717) is 11.0 Å². The first-order valence-electron chi connectivity index (χ1n) is 5.84. The number of rotatable bonds is 5. The van der Waals surface area contributed by atoms with Gasteiger partial charge in [0.1, 0.15) is 16.7 Å². The first kappa shape index (κ1) is 13.4. The van der Waals surface area contributed by atoms with Crippen LogP contribution in [0.4, 0.5) is 11.8 Å². The van der Waals surface area contributed by atoms with Gasteiger partial charge in [0.05, 0.1) is 7.11 Å². The van der Waals surface area contributed by atoms with Gasteiger partial charge in [0, 0.05) is 12.6 Å². The van der Waals surface area contributed by atoms with Crippen molar-refractivity contribution < 1.29 is 4.74 Å². The fourth-order valence-corrected chi connectivity index (χ4v) is 1.84. The van der Waals surface area contributed by atoms with Crippen LogP contribution in [0.3, 0.4) is 0 Å². The van der Waals surface area contributed by atoms with Gasteiger partial charge in [0.2, 0.25) is 5.95 Å². The SMILES string of the molecule is COc1ccc(CCNc2cc(Cl)nc(N)n2)cc1. The molecule has 0 unspecified atom stereocenters. The number of hydrogen-bond acceptors (Lipinski definition) is 5. The first-order chi connectivity index (χ1) is 9.17. The maximum atomic E-state index is 5.79. The van der Waals surface area contributed by atoms with E-state index in [1.54, 1.807) is 13.2 Å². The second kappa shape index (κ2) is 6.24. The minimum atomic E-state index is 0.166. The van der Waals surface area contributed by atoms with Crippen LogP contribution < -0.4 is 15.8 Å². The number of hydrogen-bond donors (Lipinski definition) is 2. The molecule has 0 saturated carbocycles. The average molecular weight is 279 g/mol. The fourth-order valence-electron chi connectivity index (χ4n) is 1.65. The third kappa shape index (κ3) is 3.99. The minimum absolute atomic E-state index is 0.166. The van der Waals surface area contributed by atoms with Gasteiger partial charge in [0.25, 0.3) is 0 Å². The zero-order chi connectivity index (χ0) is 13.7. The molecule has 0 radical (unpaired) electrons. The van der Waals surface area contributed by atoms with Crippen molar-refractivity contribution in [1.82, 2.24) is 9.97 Å². The van der Waals surface area contributed by atoms with E-state index in [2.05, 4.69) is 15.3 Å². The zero-order valence-corrected chi connectivity index (χ0v) is 11.3. The lowest BCUT2D eigenvalue weighted by Gasteiger charge is -2.07. The van der Waals surface area contributed by atoms with Gasteiger partial charge in [-0.2, -0.15) is 4.98 Å². The molecular formula is C13H15ClN4O. The summed E-state index contributed by atoms with van der Waals surface area (Å²) < 4.78 is 5.11. The second-order valence-corrected chi connectivity index (χ2v) is 4.35. The summed E-state index contributed by atoms with van der Waals surface area (Å²) in [4.78, 5) is 7.84. The molecule has 2 rings (SSSR count). The van der Waals surface area contributed by atoms with Gasteiger partial charge in [-0.25, -0.2) is 4.98 Å². The van der Waals surface area contributed by atoms with Gasteiger partial charge in [-0.05, 0) is 24.1 Å². The highest BCUT2D eigenvalue weighted by atomic mass is 35.5. The van der Waals surface area contributed by atoms with Crippen LogP contribution in [-0.2, 0) is 6.42 Å². The quantitative estimate of drug-likeness (QED) is 0.822. The number of nitrogens with two attached hydrogens (primary N) is 1. The lowest BCUT2D eigenvalue weighted by Crippen LogP contribution is -2.08. The standard InChI is InChI=1S/C13H15ClN4O/c1-19-10-4-2-9(3-5-10)6-7-16-12-8-11(14)17-13(15)18-12/h2-5,8H,6-7H2,1H3,(H3,15,16,17,18). The van der Waals surface area contributed by atoms with Gasteiger partial charge >= 0.3 is 0 Å². The topological polar surface area (TPSA) is 73.1 Å². The third-order valence-corrected chi connectivity index (χ3v) is 2.78. The summed E-state index contributed by atoms with van der Waals surface area (Å²) in [6, 6.07) is 9.58. The number of methoxy groups -OCH3 is 1. The van der Waals surface area contributed by atoms with E-state index in [0.717, 1.165) is 18.7 Å². The van der Waals surface area contributed by atoms with E-state index in [9.17, 15) is 0 Å². The molecule has 0 atom stereocenters. The third-order valence-electron chi connectivity index (χ3n) is 2.59. The van der Waals surface area contributed by atoms with Crippen LogP contribution in [0.5, 0.6) is 5.75 Å². The molecule has 6 heteroatoms. The van der Waals surface area contributed by atoms with Crippen LogP contribution in [0.2, 0.25) is 5.15 Å². The molecule has 1 aromatic heterocycles. The Morgan fingerprint density at radius 2 is 2.00 bits per heavy atom. The largest absolute Gasteiger partial charge is 0.497 e. The summed E-state index contributed by atoms with van der Waals surface area (Å²) in [6.07, 6.45) is 0.867. The Hall–Kier alpha value is -2.01.